The van der Waals surface area contributed by atoms with Gasteiger partial charge in [-0.15, -0.1) is 0 Å². The van der Waals surface area contributed by atoms with E-state index in [1.165, 1.54) is 18.2 Å². The Morgan fingerprint density at radius 3 is 2.82 bits per heavy atom. The second kappa shape index (κ2) is 5.78. The van der Waals surface area contributed by atoms with E-state index in [4.69, 9.17) is 4.74 Å². The van der Waals surface area contributed by atoms with Crippen LogP contribution in [0, 0.1) is 10.1 Å². The van der Waals surface area contributed by atoms with E-state index in [0.29, 0.717) is 0 Å². The first kappa shape index (κ1) is 12.9. The summed E-state index contributed by atoms with van der Waals surface area (Å²) in [6, 6.07) is 5.26. The van der Waals surface area contributed by atoms with Crippen LogP contribution in [0.15, 0.2) is 24.3 Å². The van der Waals surface area contributed by atoms with Gasteiger partial charge in [-0.1, -0.05) is 13.0 Å². The number of rotatable bonds is 5. The molecule has 0 fully saturated rings. The summed E-state index contributed by atoms with van der Waals surface area (Å²) in [5.74, 6) is -1.06. The van der Waals surface area contributed by atoms with E-state index in [0.717, 1.165) is 6.07 Å². The number of benzene rings is 1. The molecule has 0 spiro atoms. The molecular weight excluding hydrogens is 233 g/mol. The molecule has 0 aliphatic rings. The number of carbonyl (C=O) groups excluding carboxylic acids is 1. The molecule has 0 amide bonds. The van der Waals surface area contributed by atoms with E-state index in [1.54, 1.807) is 6.92 Å². The van der Waals surface area contributed by atoms with E-state index in [9.17, 15) is 19.4 Å². The topological polar surface area (TPSA) is 78.7 Å². The van der Waals surface area contributed by atoms with Crippen LogP contribution in [0.4, 0.5) is 10.2 Å². The number of nitro groups is 1. The first-order valence-corrected chi connectivity index (χ1v) is 4.82. The summed E-state index contributed by atoms with van der Waals surface area (Å²) in [5, 5.41) is 10.5. The first-order valence-electron chi connectivity index (χ1n) is 4.82. The molecule has 1 aromatic rings. The number of hydrogen-bond acceptors (Lipinski definition) is 5. The van der Waals surface area contributed by atoms with Gasteiger partial charge in [0.2, 0.25) is 0 Å². The van der Waals surface area contributed by atoms with Crippen molar-refractivity contribution in [1.29, 1.82) is 0 Å². The van der Waals surface area contributed by atoms with Gasteiger partial charge in [0.15, 0.2) is 6.10 Å². The quantitative estimate of drug-likeness (QED) is 0.585. The standard InChI is InChI=1S/C10H10FNO5/c1-2-9(10(13)17-11)16-8-5-3-4-7(6-8)12(14)15/h3-6,9H,2H2,1H3. The molecule has 0 saturated carbocycles. The molecule has 1 unspecified atom stereocenters. The van der Waals surface area contributed by atoms with Crippen LogP contribution in [0.5, 0.6) is 5.75 Å². The molecule has 0 radical (unpaired) electrons. The molecule has 6 nitrogen and oxygen atoms in total. The number of hydrogen-bond donors (Lipinski definition) is 0. The molecule has 7 heteroatoms. The SMILES string of the molecule is CCC(Oc1cccc([N+](=O)[O-])c1)C(=O)OF. The number of nitrogens with zero attached hydrogens (tertiary/aromatic N) is 1. The Hall–Kier alpha value is -2.18. The Morgan fingerprint density at radius 2 is 2.29 bits per heavy atom. The van der Waals surface area contributed by atoms with Gasteiger partial charge in [-0.2, -0.15) is 0 Å². The molecule has 1 atom stereocenters. The van der Waals surface area contributed by atoms with Gasteiger partial charge in [0.05, 0.1) is 11.0 Å². The van der Waals surface area contributed by atoms with E-state index >= 15 is 0 Å². The molecule has 92 valence electrons. The lowest BCUT2D eigenvalue weighted by atomic mass is 10.2. The normalized spacial score (nSPS) is 11.6. The fourth-order valence-corrected chi connectivity index (χ4v) is 1.18. The third-order valence-corrected chi connectivity index (χ3v) is 2.02. The summed E-state index contributed by atoms with van der Waals surface area (Å²) in [6.45, 7) is 1.60. The van der Waals surface area contributed by atoms with Crippen LogP contribution in [0.2, 0.25) is 0 Å². The molecule has 0 N–H and O–H groups in total. The summed E-state index contributed by atoms with van der Waals surface area (Å²) in [7, 11) is 0. The molecule has 0 saturated heterocycles. The Balaban J connectivity index is 2.83. The average molecular weight is 243 g/mol. The lowest BCUT2D eigenvalue weighted by Crippen LogP contribution is -2.26. The summed E-state index contributed by atoms with van der Waals surface area (Å²) in [6.07, 6.45) is -0.937. The zero-order valence-electron chi connectivity index (χ0n) is 8.96. The Labute approximate surface area is 96.0 Å². The van der Waals surface area contributed by atoms with Gasteiger partial charge in [0.25, 0.3) is 5.69 Å². The third-order valence-electron chi connectivity index (χ3n) is 2.02. The monoisotopic (exact) mass is 243 g/mol. The van der Waals surface area contributed by atoms with Crippen LogP contribution < -0.4 is 4.74 Å². The highest BCUT2D eigenvalue weighted by molar-refractivity contribution is 5.74. The van der Waals surface area contributed by atoms with Crippen molar-refractivity contribution in [2.45, 2.75) is 19.4 Å². The van der Waals surface area contributed by atoms with Gasteiger partial charge >= 0.3 is 5.97 Å². The summed E-state index contributed by atoms with van der Waals surface area (Å²) in [4.78, 5) is 23.9. The number of non-ortho nitro benzene ring substituents is 1. The molecule has 1 rings (SSSR count). The molecule has 17 heavy (non-hydrogen) atoms. The van der Waals surface area contributed by atoms with Crippen LogP contribution >= 0.6 is 0 Å². The molecule has 0 aliphatic carbocycles. The van der Waals surface area contributed by atoms with Gasteiger partial charge in [0.1, 0.15) is 5.75 Å². The maximum atomic E-state index is 11.7. The van der Waals surface area contributed by atoms with Crippen molar-refractivity contribution in [2.24, 2.45) is 0 Å². The summed E-state index contributed by atoms with van der Waals surface area (Å²) in [5.41, 5.74) is -0.175. The van der Waals surface area contributed by atoms with Crippen molar-refractivity contribution >= 4 is 11.7 Å². The number of nitro benzene ring substituents is 1. The van der Waals surface area contributed by atoms with Crippen molar-refractivity contribution in [3.63, 3.8) is 0 Å². The van der Waals surface area contributed by atoms with Gasteiger partial charge in [0, 0.05) is 10.6 Å². The fraction of sp³-hybridized carbons (Fsp3) is 0.300. The highest BCUT2D eigenvalue weighted by Crippen LogP contribution is 2.21. The van der Waals surface area contributed by atoms with E-state index < -0.39 is 17.0 Å². The molecule has 0 bridgehead atoms. The number of carbonyl (C=O) groups is 1. The van der Waals surface area contributed by atoms with E-state index in [-0.39, 0.29) is 17.9 Å². The van der Waals surface area contributed by atoms with Gasteiger partial charge < -0.3 is 4.74 Å². The van der Waals surface area contributed by atoms with Crippen LogP contribution in [0.3, 0.4) is 0 Å². The van der Waals surface area contributed by atoms with Crippen molar-refractivity contribution in [1.82, 2.24) is 0 Å². The van der Waals surface area contributed by atoms with Crippen LogP contribution in [0.1, 0.15) is 13.3 Å². The van der Waals surface area contributed by atoms with Crippen LogP contribution in [-0.4, -0.2) is 17.0 Å². The third kappa shape index (κ3) is 3.40. The predicted molar refractivity (Wildman–Crippen MR) is 55.0 cm³/mol. The van der Waals surface area contributed by atoms with Crippen molar-refractivity contribution in [3.8, 4) is 5.75 Å². The largest absolute Gasteiger partial charge is 0.478 e. The van der Waals surface area contributed by atoms with E-state index in [1.807, 2.05) is 0 Å². The first-order chi connectivity index (χ1) is 8.08. The Bertz CT molecular complexity index is 423. The predicted octanol–water partition coefficient (Wildman–Crippen LogP) is 2.18. The van der Waals surface area contributed by atoms with Crippen LogP contribution in [0.25, 0.3) is 0 Å². The minimum atomic E-state index is -1.17. The number of ether oxygens (including phenoxy) is 1. The zero-order valence-corrected chi connectivity index (χ0v) is 8.96. The fourth-order valence-electron chi connectivity index (χ4n) is 1.18. The maximum absolute atomic E-state index is 11.7. The minimum absolute atomic E-state index is 0.108. The highest BCUT2D eigenvalue weighted by Gasteiger charge is 2.21. The summed E-state index contributed by atoms with van der Waals surface area (Å²) >= 11 is 0. The van der Waals surface area contributed by atoms with Crippen molar-refractivity contribution in [3.05, 3.63) is 34.4 Å². The average Bonchev–Trinajstić information content (AvgIpc) is 2.35. The Kier molecular flexibility index (Phi) is 4.38. The summed E-state index contributed by atoms with van der Waals surface area (Å²) < 4.78 is 16.8. The zero-order chi connectivity index (χ0) is 12.8. The van der Waals surface area contributed by atoms with Crippen molar-refractivity contribution < 1.29 is 23.9 Å². The molecule has 0 heterocycles. The number of halogens is 1. The molecule has 1 aromatic carbocycles. The lowest BCUT2D eigenvalue weighted by Gasteiger charge is -2.12. The maximum Gasteiger partial charge on any atom is 0.388 e. The van der Waals surface area contributed by atoms with Crippen LogP contribution in [-0.2, 0) is 9.74 Å². The second-order valence-corrected chi connectivity index (χ2v) is 3.17. The van der Waals surface area contributed by atoms with Gasteiger partial charge in [-0.25, -0.2) is 4.79 Å². The smallest absolute Gasteiger partial charge is 0.388 e. The van der Waals surface area contributed by atoms with Gasteiger partial charge in [-0.05, 0) is 12.5 Å². The van der Waals surface area contributed by atoms with E-state index in [2.05, 4.69) is 4.94 Å². The molecule has 0 aromatic heterocycles. The second-order valence-electron chi connectivity index (χ2n) is 3.17. The molecule has 0 aliphatic heterocycles. The van der Waals surface area contributed by atoms with Crippen molar-refractivity contribution in [2.75, 3.05) is 0 Å². The Morgan fingerprint density at radius 1 is 1.59 bits per heavy atom. The van der Waals surface area contributed by atoms with Gasteiger partial charge in [-0.3, -0.25) is 15.1 Å². The minimum Gasteiger partial charge on any atom is -0.478 e. The highest BCUT2D eigenvalue weighted by atomic mass is 19.3. The molecular formula is C10H10FNO5. The lowest BCUT2D eigenvalue weighted by molar-refractivity contribution is -0.385.